The number of alkyl halides is 1. The van der Waals surface area contributed by atoms with Crippen molar-refractivity contribution < 1.29 is 17.9 Å². The average molecular weight is 525 g/mol. The molecule has 34 heavy (non-hydrogen) atoms. The molecule has 0 aliphatic heterocycles. The summed E-state index contributed by atoms with van der Waals surface area (Å²) in [6.45, 7) is 5.54. The van der Waals surface area contributed by atoms with Gasteiger partial charge in [0, 0.05) is 12.0 Å². The number of sulfonamides is 1. The van der Waals surface area contributed by atoms with Gasteiger partial charge in [0.1, 0.15) is 18.4 Å². The largest absolute Gasteiger partial charge is 0.493 e. The summed E-state index contributed by atoms with van der Waals surface area (Å²) in [4.78, 5) is 0. The number of hydrogen-bond donors (Lipinski definition) is 1. The van der Waals surface area contributed by atoms with Gasteiger partial charge in [-0.2, -0.15) is 5.26 Å². The average Bonchev–Trinajstić information content (AvgIpc) is 2.76. The molecule has 184 valence electrons. The van der Waals surface area contributed by atoms with Gasteiger partial charge in [-0.15, -0.1) is 11.6 Å². The predicted molar refractivity (Wildman–Crippen MR) is 136 cm³/mol. The minimum Gasteiger partial charge on any atom is -0.493 e. The van der Waals surface area contributed by atoms with Gasteiger partial charge < -0.3 is 9.47 Å². The zero-order valence-electron chi connectivity index (χ0n) is 19.6. The van der Waals surface area contributed by atoms with Crippen LogP contribution in [-0.2, 0) is 15.4 Å². The second-order valence-electron chi connectivity index (χ2n) is 9.27. The molecule has 6 nitrogen and oxygen atoms in total. The van der Waals surface area contributed by atoms with Gasteiger partial charge in [0.2, 0.25) is 10.0 Å². The van der Waals surface area contributed by atoms with Crippen LogP contribution in [0.3, 0.4) is 0 Å². The lowest BCUT2D eigenvalue weighted by Gasteiger charge is -2.35. The van der Waals surface area contributed by atoms with Gasteiger partial charge >= 0.3 is 0 Å². The van der Waals surface area contributed by atoms with Crippen LogP contribution in [0.15, 0.2) is 36.4 Å². The molecule has 0 atom stereocenters. The zero-order chi connectivity index (χ0) is 24.9. The minimum absolute atomic E-state index is 0.277. The van der Waals surface area contributed by atoms with Crippen molar-refractivity contribution in [3.8, 4) is 17.6 Å². The van der Waals surface area contributed by atoms with E-state index < -0.39 is 15.4 Å². The molecule has 0 aromatic heterocycles. The van der Waals surface area contributed by atoms with E-state index in [4.69, 9.17) is 32.7 Å². The van der Waals surface area contributed by atoms with Crippen LogP contribution in [0.2, 0.25) is 5.02 Å². The summed E-state index contributed by atoms with van der Waals surface area (Å²) < 4.78 is 36.5. The molecule has 1 aliphatic carbocycles. The summed E-state index contributed by atoms with van der Waals surface area (Å²) in [5, 5.41) is 9.97. The van der Waals surface area contributed by atoms with E-state index in [1.54, 1.807) is 0 Å². The summed E-state index contributed by atoms with van der Waals surface area (Å²) in [5.74, 6) is 2.28. The summed E-state index contributed by atoms with van der Waals surface area (Å²) in [7, 11) is -3.13. The molecular weight excluding hydrogens is 495 g/mol. The smallest absolute Gasteiger partial charge is 0.208 e. The van der Waals surface area contributed by atoms with Gasteiger partial charge in [0.25, 0.3) is 0 Å². The Hall–Kier alpha value is -1.98. The van der Waals surface area contributed by atoms with Gasteiger partial charge in [0.05, 0.1) is 29.3 Å². The van der Waals surface area contributed by atoms with Crippen LogP contribution in [0.25, 0.3) is 0 Å². The second-order valence-corrected chi connectivity index (χ2v) is 11.9. The van der Waals surface area contributed by atoms with E-state index in [9.17, 15) is 13.7 Å². The number of nitrogens with zero attached hydrogens (tertiary/aromatic N) is 1. The van der Waals surface area contributed by atoms with E-state index in [0.29, 0.717) is 47.2 Å². The first-order chi connectivity index (χ1) is 16.0. The highest BCUT2D eigenvalue weighted by molar-refractivity contribution is 7.88. The van der Waals surface area contributed by atoms with Crippen LogP contribution in [0, 0.1) is 23.2 Å². The molecule has 1 N–H and O–H groups in total. The first-order valence-corrected chi connectivity index (χ1v) is 13.9. The van der Waals surface area contributed by atoms with Crippen molar-refractivity contribution in [1.82, 2.24) is 4.72 Å². The number of rotatable bonds is 11. The molecule has 0 bridgehead atoms. The molecular formula is C25H30Cl2N2O4S. The lowest BCUT2D eigenvalue weighted by atomic mass is 9.75. The molecule has 0 unspecified atom stereocenters. The molecule has 2 aromatic rings. The Bertz CT molecular complexity index is 1140. The fourth-order valence-electron chi connectivity index (χ4n) is 4.12. The van der Waals surface area contributed by atoms with Gasteiger partial charge in [-0.1, -0.05) is 37.6 Å². The molecule has 0 spiro atoms. The lowest BCUT2D eigenvalue weighted by molar-refractivity contribution is 0.122. The highest BCUT2D eigenvalue weighted by Gasteiger charge is 2.30. The first-order valence-electron chi connectivity index (χ1n) is 11.1. The van der Waals surface area contributed by atoms with Crippen molar-refractivity contribution in [1.29, 1.82) is 5.26 Å². The topological polar surface area (TPSA) is 88.4 Å². The third-order valence-electron chi connectivity index (χ3n) is 6.24. The number of ether oxygens (including phenoxy) is 2. The van der Waals surface area contributed by atoms with Gasteiger partial charge in [0.15, 0.2) is 5.75 Å². The Morgan fingerprint density at radius 1 is 1.12 bits per heavy atom. The third kappa shape index (κ3) is 6.79. The van der Waals surface area contributed by atoms with E-state index in [2.05, 4.69) is 24.6 Å². The molecule has 0 radical (unpaired) electrons. The Balaban J connectivity index is 1.61. The summed E-state index contributed by atoms with van der Waals surface area (Å²) >= 11 is 12.1. The predicted octanol–water partition coefficient (Wildman–Crippen LogP) is 5.11. The van der Waals surface area contributed by atoms with Crippen LogP contribution in [0.5, 0.6) is 11.5 Å². The first kappa shape index (κ1) is 26.6. The van der Waals surface area contributed by atoms with E-state index in [-0.39, 0.29) is 6.61 Å². The fourth-order valence-corrected chi connectivity index (χ4v) is 5.01. The molecule has 0 amide bonds. The Morgan fingerprint density at radius 3 is 2.38 bits per heavy atom. The molecule has 1 saturated carbocycles. The van der Waals surface area contributed by atoms with Crippen LogP contribution in [0.4, 0.5) is 0 Å². The van der Waals surface area contributed by atoms with E-state index in [1.807, 2.05) is 36.4 Å². The van der Waals surface area contributed by atoms with Gasteiger partial charge in [-0.25, -0.2) is 13.1 Å². The lowest BCUT2D eigenvalue weighted by Crippen LogP contribution is -2.37. The van der Waals surface area contributed by atoms with Crippen molar-refractivity contribution in [3.63, 3.8) is 0 Å². The van der Waals surface area contributed by atoms with Crippen LogP contribution in [-0.4, -0.2) is 40.3 Å². The van der Waals surface area contributed by atoms with Gasteiger partial charge in [-0.05, 0) is 60.1 Å². The number of hydrogen-bond acceptors (Lipinski definition) is 5. The van der Waals surface area contributed by atoms with Gasteiger partial charge in [-0.3, -0.25) is 0 Å². The maximum Gasteiger partial charge on any atom is 0.208 e. The van der Waals surface area contributed by atoms with Crippen molar-refractivity contribution in [2.24, 2.45) is 11.8 Å². The van der Waals surface area contributed by atoms with Crippen LogP contribution < -0.4 is 14.2 Å². The second kappa shape index (κ2) is 11.2. The Labute approximate surface area is 212 Å². The van der Waals surface area contributed by atoms with Crippen LogP contribution in [0.1, 0.15) is 43.4 Å². The van der Waals surface area contributed by atoms with Crippen molar-refractivity contribution in [2.45, 2.75) is 32.1 Å². The molecule has 1 fully saturated rings. The summed E-state index contributed by atoms with van der Waals surface area (Å²) in [6.07, 6.45) is 3.10. The third-order valence-corrected chi connectivity index (χ3v) is 7.36. The minimum atomic E-state index is -3.13. The Morgan fingerprint density at radius 2 is 1.79 bits per heavy atom. The molecule has 0 heterocycles. The number of benzene rings is 2. The van der Waals surface area contributed by atoms with Crippen molar-refractivity contribution in [3.05, 3.63) is 58.1 Å². The highest BCUT2D eigenvalue weighted by atomic mass is 35.5. The maximum atomic E-state index is 11.2. The van der Waals surface area contributed by atoms with Crippen molar-refractivity contribution >= 4 is 33.2 Å². The highest BCUT2D eigenvalue weighted by Crippen LogP contribution is 2.39. The number of nitriles is 1. The standard InChI is InChI=1S/C25H30Cl2N2O4S/c1-25(2,21-12-19(14-28)24(23(27)13-21)32-9-8-26)20-4-6-22(7-5-20)33-16-18-10-17(11-18)15-29-34(3,30)31/h4-7,12-13,17-18,29H,8-11,15-16H2,1-3H3/t17-,18-. The number of halogens is 2. The van der Waals surface area contributed by atoms with Crippen LogP contribution >= 0.6 is 23.2 Å². The molecule has 3 rings (SSSR count). The Kier molecular flexibility index (Phi) is 8.75. The fraction of sp³-hybridized carbons (Fsp3) is 0.480. The molecule has 0 saturated heterocycles. The zero-order valence-corrected chi connectivity index (χ0v) is 21.9. The van der Waals surface area contributed by atoms with E-state index >= 15 is 0 Å². The molecule has 1 aliphatic rings. The van der Waals surface area contributed by atoms with Crippen molar-refractivity contribution in [2.75, 3.05) is 31.9 Å². The number of nitrogens with one attached hydrogen (secondary N) is 1. The van der Waals surface area contributed by atoms with E-state index in [0.717, 1.165) is 29.7 Å². The summed E-state index contributed by atoms with van der Waals surface area (Å²) in [6, 6.07) is 13.8. The maximum absolute atomic E-state index is 11.2. The normalized spacial score (nSPS) is 18.1. The quantitative estimate of drug-likeness (QED) is 0.412. The summed E-state index contributed by atoms with van der Waals surface area (Å²) in [5.41, 5.74) is 1.95. The van der Waals surface area contributed by atoms with E-state index in [1.165, 1.54) is 6.26 Å². The monoisotopic (exact) mass is 524 g/mol. The SMILES string of the molecule is CC(C)(c1ccc(OC[C@H]2C[C@H](CNS(C)(=O)=O)C2)cc1)c1cc(Cl)c(OCCCl)c(C#N)c1. The molecule has 9 heteroatoms. The molecule has 2 aromatic carbocycles.